The largest absolute Gasteiger partial charge is 0.389 e. The van der Waals surface area contributed by atoms with Gasteiger partial charge in [0, 0.05) is 13.1 Å². The fraction of sp³-hybridized carbons (Fsp3) is 0.667. The predicted octanol–water partition coefficient (Wildman–Crippen LogP) is 2.86. The third-order valence-corrected chi connectivity index (χ3v) is 4.10. The molecule has 0 unspecified atom stereocenters. The second kappa shape index (κ2) is 7.53. The van der Waals surface area contributed by atoms with Crippen LogP contribution in [0.15, 0.2) is 0 Å². The molecule has 0 fully saturated rings. The molecule has 0 aliphatic heterocycles. The van der Waals surface area contributed by atoms with E-state index in [4.69, 9.17) is 18.0 Å². The first-order chi connectivity index (χ1) is 9.51. The van der Waals surface area contributed by atoms with Gasteiger partial charge in [0.25, 0.3) is 0 Å². The molecule has 5 heteroatoms. The molecule has 0 bridgehead atoms. The van der Waals surface area contributed by atoms with Gasteiger partial charge >= 0.3 is 0 Å². The molecule has 112 valence electrons. The van der Waals surface area contributed by atoms with Crippen LogP contribution in [0.2, 0.25) is 0 Å². The van der Waals surface area contributed by atoms with Gasteiger partial charge < -0.3 is 10.6 Å². The number of nitrogens with two attached hydrogens (primary N) is 1. The third kappa shape index (κ3) is 3.26. The molecule has 2 N–H and O–H groups in total. The van der Waals surface area contributed by atoms with Crippen molar-refractivity contribution in [2.24, 2.45) is 5.73 Å². The van der Waals surface area contributed by atoms with Crippen LogP contribution in [0.4, 0.5) is 5.82 Å². The van der Waals surface area contributed by atoms with Gasteiger partial charge in [0.05, 0.1) is 11.3 Å². The highest BCUT2D eigenvalue weighted by Gasteiger charge is 2.22. The molecule has 0 amide bonds. The summed E-state index contributed by atoms with van der Waals surface area (Å²) in [6.45, 7) is 8.55. The summed E-state index contributed by atoms with van der Waals surface area (Å²) in [7, 11) is 2.05. The Morgan fingerprint density at radius 1 is 1.15 bits per heavy atom. The highest BCUT2D eigenvalue weighted by atomic mass is 32.1. The minimum Gasteiger partial charge on any atom is -0.389 e. The van der Waals surface area contributed by atoms with Gasteiger partial charge in [-0.3, -0.25) is 0 Å². The Balaban J connectivity index is 3.43. The lowest BCUT2D eigenvalue weighted by molar-refractivity contribution is 0.582. The van der Waals surface area contributed by atoms with Crippen molar-refractivity contribution in [1.29, 1.82) is 0 Å². The number of aromatic nitrogens is 2. The Morgan fingerprint density at radius 2 is 1.75 bits per heavy atom. The van der Waals surface area contributed by atoms with Crippen LogP contribution in [0, 0.1) is 0 Å². The van der Waals surface area contributed by atoms with E-state index in [0.29, 0.717) is 11.0 Å². The summed E-state index contributed by atoms with van der Waals surface area (Å²) in [6.07, 6.45) is 3.83. The lowest BCUT2D eigenvalue weighted by Crippen LogP contribution is -2.34. The first-order valence-corrected chi connectivity index (χ1v) is 7.83. The van der Waals surface area contributed by atoms with Gasteiger partial charge in [-0.05, 0) is 31.2 Å². The molecule has 1 heterocycles. The van der Waals surface area contributed by atoms with Crippen molar-refractivity contribution in [1.82, 2.24) is 10.2 Å². The Kier molecular flexibility index (Phi) is 6.33. The van der Waals surface area contributed by atoms with Crippen molar-refractivity contribution in [2.45, 2.75) is 59.4 Å². The number of thiocarbonyl (C=S) groups is 1. The van der Waals surface area contributed by atoms with Crippen LogP contribution in [0.25, 0.3) is 0 Å². The van der Waals surface area contributed by atoms with Crippen LogP contribution >= 0.6 is 12.2 Å². The molecular formula is C15H26N4S. The summed E-state index contributed by atoms with van der Waals surface area (Å²) >= 11 is 5.27. The summed E-state index contributed by atoms with van der Waals surface area (Å²) in [5.41, 5.74) is 9.02. The number of nitrogens with zero attached hydrogens (tertiary/aromatic N) is 3. The van der Waals surface area contributed by atoms with Gasteiger partial charge in [0.2, 0.25) is 0 Å². The second-order valence-corrected chi connectivity index (χ2v) is 5.42. The Bertz CT molecular complexity index is 469. The zero-order valence-electron chi connectivity index (χ0n) is 13.2. The molecular weight excluding hydrogens is 268 g/mol. The van der Waals surface area contributed by atoms with Gasteiger partial charge in [0.15, 0.2) is 5.82 Å². The standard InChI is InChI=1S/C15H26N4S/c1-6-10(7-2)19(5)15-13(14(16)20)11(8-3)12(9-4)17-18-15/h10H,6-9H2,1-5H3,(H2,16,20). The van der Waals surface area contributed by atoms with E-state index >= 15 is 0 Å². The van der Waals surface area contributed by atoms with Crippen LogP contribution < -0.4 is 10.6 Å². The molecule has 0 saturated carbocycles. The van der Waals surface area contributed by atoms with Gasteiger partial charge in [-0.1, -0.05) is 39.9 Å². The van der Waals surface area contributed by atoms with Crippen LogP contribution in [0.1, 0.15) is 57.4 Å². The van der Waals surface area contributed by atoms with Crippen molar-refractivity contribution in [3.05, 3.63) is 16.8 Å². The van der Waals surface area contributed by atoms with Crippen LogP contribution in [-0.2, 0) is 12.8 Å². The Labute approximate surface area is 127 Å². The number of rotatable bonds is 7. The highest BCUT2D eigenvalue weighted by molar-refractivity contribution is 7.80. The third-order valence-electron chi connectivity index (χ3n) is 3.90. The molecule has 0 aromatic carbocycles. The molecule has 0 saturated heterocycles. The lowest BCUT2D eigenvalue weighted by Gasteiger charge is -2.29. The minimum atomic E-state index is 0.416. The maximum atomic E-state index is 5.97. The van der Waals surface area contributed by atoms with Gasteiger partial charge in [-0.2, -0.15) is 5.10 Å². The normalized spacial score (nSPS) is 10.9. The van der Waals surface area contributed by atoms with Crippen molar-refractivity contribution >= 4 is 23.0 Å². The zero-order valence-corrected chi connectivity index (χ0v) is 14.0. The van der Waals surface area contributed by atoms with Gasteiger partial charge in [0.1, 0.15) is 4.99 Å². The van der Waals surface area contributed by atoms with E-state index in [9.17, 15) is 0 Å². The summed E-state index contributed by atoms with van der Waals surface area (Å²) in [5, 5.41) is 8.78. The molecule has 1 aromatic rings. The van der Waals surface area contributed by atoms with Crippen LogP contribution in [0.3, 0.4) is 0 Å². The van der Waals surface area contributed by atoms with E-state index in [-0.39, 0.29) is 0 Å². The molecule has 1 rings (SSSR count). The smallest absolute Gasteiger partial charge is 0.161 e. The van der Waals surface area contributed by atoms with Gasteiger partial charge in [-0.25, -0.2) is 0 Å². The average molecular weight is 294 g/mol. The van der Waals surface area contributed by atoms with Crippen molar-refractivity contribution < 1.29 is 0 Å². The van der Waals surface area contributed by atoms with E-state index in [1.807, 2.05) is 0 Å². The SMILES string of the molecule is CCc1nnc(N(C)C(CC)CC)c(C(N)=S)c1CC. The number of anilines is 1. The number of hydrogen-bond acceptors (Lipinski definition) is 4. The van der Waals surface area contributed by atoms with E-state index < -0.39 is 0 Å². The number of aryl methyl sites for hydroxylation is 1. The summed E-state index contributed by atoms with van der Waals surface area (Å²) in [5.74, 6) is 0.820. The van der Waals surface area contributed by atoms with Gasteiger partial charge in [-0.15, -0.1) is 5.10 Å². The van der Waals surface area contributed by atoms with Crippen LogP contribution in [0.5, 0.6) is 0 Å². The molecule has 0 radical (unpaired) electrons. The summed E-state index contributed by atoms with van der Waals surface area (Å²) in [4.78, 5) is 2.58. The fourth-order valence-electron chi connectivity index (χ4n) is 2.68. The van der Waals surface area contributed by atoms with Crippen molar-refractivity contribution in [2.75, 3.05) is 11.9 Å². The summed E-state index contributed by atoms with van der Waals surface area (Å²) < 4.78 is 0. The first-order valence-electron chi connectivity index (χ1n) is 7.42. The minimum absolute atomic E-state index is 0.416. The Morgan fingerprint density at radius 3 is 2.15 bits per heavy atom. The molecule has 0 aliphatic carbocycles. The molecule has 4 nitrogen and oxygen atoms in total. The topological polar surface area (TPSA) is 55.0 Å². The fourth-order valence-corrected chi connectivity index (χ4v) is 2.89. The van der Waals surface area contributed by atoms with E-state index in [1.165, 1.54) is 0 Å². The molecule has 0 spiro atoms. The lowest BCUT2D eigenvalue weighted by atomic mass is 10.0. The quantitative estimate of drug-likeness (QED) is 0.784. The van der Waals surface area contributed by atoms with Crippen molar-refractivity contribution in [3.63, 3.8) is 0 Å². The van der Waals surface area contributed by atoms with E-state index in [0.717, 1.165) is 48.3 Å². The van der Waals surface area contributed by atoms with Crippen molar-refractivity contribution in [3.8, 4) is 0 Å². The number of hydrogen-bond donors (Lipinski definition) is 1. The Hall–Kier alpha value is -1.23. The molecule has 0 atom stereocenters. The second-order valence-electron chi connectivity index (χ2n) is 4.98. The highest BCUT2D eigenvalue weighted by Crippen LogP contribution is 2.25. The monoisotopic (exact) mass is 294 g/mol. The molecule has 20 heavy (non-hydrogen) atoms. The maximum Gasteiger partial charge on any atom is 0.161 e. The molecule has 0 aliphatic rings. The zero-order chi connectivity index (χ0) is 15.3. The predicted molar refractivity (Wildman–Crippen MR) is 89.4 cm³/mol. The average Bonchev–Trinajstić information content (AvgIpc) is 2.46. The van der Waals surface area contributed by atoms with E-state index in [1.54, 1.807) is 0 Å². The first kappa shape index (κ1) is 16.8. The summed E-state index contributed by atoms with van der Waals surface area (Å²) in [6, 6.07) is 0.426. The maximum absolute atomic E-state index is 5.97. The molecule has 1 aromatic heterocycles. The van der Waals surface area contributed by atoms with E-state index in [2.05, 4.69) is 49.8 Å². The van der Waals surface area contributed by atoms with Crippen LogP contribution in [-0.4, -0.2) is 28.3 Å².